The molecule has 1 saturated heterocycles. The van der Waals surface area contributed by atoms with Gasteiger partial charge in [0.1, 0.15) is 0 Å². The van der Waals surface area contributed by atoms with Gasteiger partial charge in [-0.25, -0.2) is 0 Å². The van der Waals surface area contributed by atoms with Crippen LogP contribution in [0.2, 0.25) is 0 Å². The second kappa shape index (κ2) is 5.64. The Hall–Kier alpha value is -1.44. The average molecular weight is 306 g/mol. The molecule has 0 atom stereocenters. The maximum absolute atomic E-state index is 11.0. The summed E-state index contributed by atoms with van der Waals surface area (Å²) in [5, 5.41) is 11.0. The second-order valence-electron chi connectivity index (χ2n) is 6.97. The molecule has 0 aliphatic carbocycles. The Morgan fingerprint density at radius 1 is 1.18 bits per heavy atom. The van der Waals surface area contributed by atoms with Gasteiger partial charge in [0.25, 0.3) is 5.69 Å². The Morgan fingerprint density at radius 2 is 1.73 bits per heavy atom. The molecule has 1 aromatic rings. The van der Waals surface area contributed by atoms with Crippen LogP contribution in [-0.2, 0) is 15.9 Å². The molecule has 0 unspecified atom stereocenters. The monoisotopic (exact) mass is 306 g/mol. The molecule has 1 aliphatic rings. The van der Waals surface area contributed by atoms with E-state index in [0.717, 1.165) is 11.0 Å². The van der Waals surface area contributed by atoms with Crippen LogP contribution >= 0.6 is 0 Å². The second-order valence-corrected chi connectivity index (χ2v) is 6.97. The highest BCUT2D eigenvalue weighted by Crippen LogP contribution is 2.36. The molecule has 22 heavy (non-hydrogen) atoms. The zero-order valence-electron chi connectivity index (χ0n) is 14.0. The van der Waals surface area contributed by atoms with Crippen LogP contribution in [0.5, 0.6) is 0 Å². The van der Waals surface area contributed by atoms with Crippen LogP contribution in [0.3, 0.4) is 0 Å². The predicted octanol–water partition coefficient (Wildman–Crippen LogP) is 1.96. The summed E-state index contributed by atoms with van der Waals surface area (Å²) in [6.45, 7) is 8.54. The molecule has 1 aliphatic heterocycles. The SMILES string of the molecule is CN(C)Cc1cc([N+](=O)[O-])ccc1B1OC(C)(C)C(C)(C)O1. The standard InChI is InChI=1S/C15H23BN2O4/c1-14(2)15(3,4)22-16(21-14)13-8-7-12(18(19)20)9-11(13)10-17(5)6/h7-9H,10H2,1-6H3. The fourth-order valence-electron chi connectivity index (χ4n) is 2.38. The smallest absolute Gasteiger partial charge is 0.399 e. The molecule has 0 spiro atoms. The van der Waals surface area contributed by atoms with Crippen LogP contribution in [0, 0.1) is 10.1 Å². The number of non-ortho nitro benzene ring substituents is 1. The van der Waals surface area contributed by atoms with Crippen LogP contribution in [0.25, 0.3) is 0 Å². The first-order chi connectivity index (χ1) is 10.0. The summed E-state index contributed by atoms with van der Waals surface area (Å²) >= 11 is 0. The molecule has 2 rings (SSSR count). The Bertz CT molecular complexity index is 571. The van der Waals surface area contributed by atoms with E-state index in [-0.39, 0.29) is 10.6 Å². The van der Waals surface area contributed by atoms with Crippen molar-refractivity contribution in [3.8, 4) is 0 Å². The minimum atomic E-state index is -0.513. The number of nitro groups is 1. The van der Waals surface area contributed by atoms with E-state index in [4.69, 9.17) is 9.31 Å². The van der Waals surface area contributed by atoms with E-state index in [2.05, 4.69) is 0 Å². The van der Waals surface area contributed by atoms with Gasteiger partial charge >= 0.3 is 7.12 Å². The maximum atomic E-state index is 11.0. The van der Waals surface area contributed by atoms with Crippen molar-refractivity contribution in [2.24, 2.45) is 0 Å². The van der Waals surface area contributed by atoms with E-state index in [9.17, 15) is 10.1 Å². The summed E-state index contributed by atoms with van der Waals surface area (Å²) in [6.07, 6.45) is 0. The predicted molar refractivity (Wildman–Crippen MR) is 86.2 cm³/mol. The first kappa shape index (κ1) is 16.9. The maximum Gasteiger partial charge on any atom is 0.495 e. The summed E-state index contributed by atoms with van der Waals surface area (Å²) in [5.41, 5.74) is 0.900. The van der Waals surface area contributed by atoms with Crippen molar-refractivity contribution in [3.05, 3.63) is 33.9 Å². The van der Waals surface area contributed by atoms with Gasteiger partial charge in [0.2, 0.25) is 0 Å². The zero-order chi connectivity index (χ0) is 16.7. The van der Waals surface area contributed by atoms with Gasteiger partial charge in [-0.2, -0.15) is 0 Å². The average Bonchev–Trinajstić information content (AvgIpc) is 2.57. The number of benzene rings is 1. The molecule has 6 nitrogen and oxygen atoms in total. The lowest BCUT2D eigenvalue weighted by atomic mass is 9.75. The Labute approximate surface area is 131 Å². The molecule has 0 bridgehead atoms. The molecular formula is C15H23BN2O4. The number of nitrogens with zero attached hydrogens (tertiary/aromatic N) is 2. The summed E-state index contributed by atoms with van der Waals surface area (Å²) in [6, 6.07) is 4.83. The van der Waals surface area contributed by atoms with Crippen molar-refractivity contribution < 1.29 is 14.2 Å². The molecule has 0 aromatic heterocycles. The molecule has 0 N–H and O–H groups in total. The third-order valence-electron chi connectivity index (χ3n) is 4.33. The zero-order valence-corrected chi connectivity index (χ0v) is 14.0. The van der Waals surface area contributed by atoms with Crippen LogP contribution in [0.15, 0.2) is 18.2 Å². The number of hydrogen-bond donors (Lipinski definition) is 0. The quantitative estimate of drug-likeness (QED) is 0.483. The van der Waals surface area contributed by atoms with E-state index in [1.54, 1.807) is 12.1 Å². The highest BCUT2D eigenvalue weighted by atomic mass is 16.7. The van der Waals surface area contributed by atoms with Crippen molar-refractivity contribution >= 4 is 18.3 Å². The molecule has 0 radical (unpaired) electrons. The van der Waals surface area contributed by atoms with Gasteiger partial charge in [-0.05, 0) is 52.8 Å². The largest absolute Gasteiger partial charge is 0.495 e. The van der Waals surface area contributed by atoms with Gasteiger partial charge in [0, 0.05) is 18.7 Å². The Morgan fingerprint density at radius 3 is 2.18 bits per heavy atom. The number of hydrogen-bond acceptors (Lipinski definition) is 5. The summed E-state index contributed by atoms with van der Waals surface area (Å²) in [5.74, 6) is 0. The fraction of sp³-hybridized carbons (Fsp3) is 0.600. The van der Waals surface area contributed by atoms with E-state index >= 15 is 0 Å². The lowest BCUT2D eigenvalue weighted by molar-refractivity contribution is -0.384. The fourth-order valence-corrected chi connectivity index (χ4v) is 2.38. The molecule has 120 valence electrons. The van der Waals surface area contributed by atoms with Crippen LogP contribution < -0.4 is 5.46 Å². The topological polar surface area (TPSA) is 64.8 Å². The van der Waals surface area contributed by atoms with E-state index in [1.165, 1.54) is 6.07 Å². The Kier molecular flexibility index (Phi) is 4.34. The molecule has 7 heteroatoms. The van der Waals surface area contributed by atoms with Crippen molar-refractivity contribution in [3.63, 3.8) is 0 Å². The van der Waals surface area contributed by atoms with Gasteiger partial charge in [0.15, 0.2) is 0 Å². The highest BCUT2D eigenvalue weighted by Gasteiger charge is 2.52. The van der Waals surface area contributed by atoms with Crippen molar-refractivity contribution in [2.45, 2.75) is 45.4 Å². The van der Waals surface area contributed by atoms with Crippen LogP contribution in [0.4, 0.5) is 5.69 Å². The third kappa shape index (κ3) is 3.16. The number of nitro benzene ring substituents is 1. The van der Waals surface area contributed by atoms with E-state index in [0.29, 0.717) is 6.54 Å². The lowest BCUT2D eigenvalue weighted by Gasteiger charge is -2.32. The molecule has 0 amide bonds. The van der Waals surface area contributed by atoms with Crippen LogP contribution in [0.1, 0.15) is 33.3 Å². The van der Waals surface area contributed by atoms with Crippen molar-refractivity contribution in [1.29, 1.82) is 0 Å². The lowest BCUT2D eigenvalue weighted by Crippen LogP contribution is -2.41. The molecule has 1 aromatic carbocycles. The number of rotatable bonds is 4. The minimum absolute atomic E-state index is 0.0807. The summed E-state index contributed by atoms with van der Waals surface area (Å²) in [4.78, 5) is 12.6. The minimum Gasteiger partial charge on any atom is -0.399 e. The van der Waals surface area contributed by atoms with E-state index < -0.39 is 18.3 Å². The van der Waals surface area contributed by atoms with Gasteiger partial charge in [-0.15, -0.1) is 0 Å². The van der Waals surface area contributed by atoms with Gasteiger partial charge in [-0.1, -0.05) is 6.07 Å². The summed E-state index contributed by atoms with van der Waals surface area (Å²) in [7, 11) is 3.33. The first-order valence-corrected chi connectivity index (χ1v) is 7.31. The van der Waals surface area contributed by atoms with Gasteiger partial charge in [-0.3, -0.25) is 10.1 Å². The normalized spacial score (nSPS) is 19.7. The third-order valence-corrected chi connectivity index (χ3v) is 4.33. The van der Waals surface area contributed by atoms with E-state index in [1.807, 2.05) is 46.7 Å². The molecule has 1 heterocycles. The van der Waals surface area contributed by atoms with Gasteiger partial charge < -0.3 is 14.2 Å². The van der Waals surface area contributed by atoms with Crippen LogP contribution in [-0.4, -0.2) is 42.2 Å². The summed E-state index contributed by atoms with van der Waals surface area (Å²) < 4.78 is 12.1. The first-order valence-electron chi connectivity index (χ1n) is 7.31. The van der Waals surface area contributed by atoms with Gasteiger partial charge in [0.05, 0.1) is 16.1 Å². The molecular weight excluding hydrogens is 283 g/mol. The van der Waals surface area contributed by atoms with Crippen molar-refractivity contribution in [2.75, 3.05) is 14.1 Å². The van der Waals surface area contributed by atoms with Crippen molar-refractivity contribution in [1.82, 2.24) is 4.90 Å². The molecule has 1 fully saturated rings. The Balaban J connectivity index is 2.41. The highest BCUT2D eigenvalue weighted by molar-refractivity contribution is 6.62. The molecule has 0 saturated carbocycles.